The molecule has 2 aromatic rings. The van der Waals surface area contributed by atoms with E-state index >= 15 is 0 Å². The molecule has 1 aliphatic rings. The third-order valence-electron chi connectivity index (χ3n) is 4.07. The number of aromatic nitrogens is 1. The topological polar surface area (TPSA) is 57.3 Å². The first-order valence-electron chi connectivity index (χ1n) is 7.97. The molecule has 6 heteroatoms. The van der Waals surface area contributed by atoms with Gasteiger partial charge in [-0.3, -0.25) is 0 Å². The van der Waals surface area contributed by atoms with Crippen molar-refractivity contribution in [3.63, 3.8) is 0 Å². The minimum absolute atomic E-state index is 0.151. The Morgan fingerprint density at radius 1 is 1.22 bits per heavy atom. The lowest BCUT2D eigenvalue weighted by Gasteiger charge is -2.16. The van der Waals surface area contributed by atoms with Crippen molar-refractivity contribution in [2.24, 2.45) is 0 Å². The van der Waals surface area contributed by atoms with Crippen LogP contribution in [0.15, 0.2) is 29.8 Å². The molecule has 0 atom stereocenters. The van der Waals surface area contributed by atoms with Gasteiger partial charge in [0.2, 0.25) is 0 Å². The molecule has 0 aromatic carbocycles. The molecule has 1 aliphatic heterocycles. The van der Waals surface area contributed by atoms with Crippen molar-refractivity contribution in [3.05, 3.63) is 45.8 Å². The number of amides is 2. The summed E-state index contributed by atoms with van der Waals surface area (Å²) in [6.45, 7) is 5.30. The zero-order chi connectivity index (χ0) is 16.1. The van der Waals surface area contributed by atoms with Crippen LogP contribution >= 0.6 is 11.3 Å². The maximum Gasteiger partial charge on any atom is 0.315 e. The molecule has 0 radical (unpaired) electrons. The maximum absolute atomic E-state index is 11.9. The van der Waals surface area contributed by atoms with Gasteiger partial charge in [-0.25, -0.2) is 9.78 Å². The van der Waals surface area contributed by atoms with Gasteiger partial charge in [0, 0.05) is 30.7 Å². The van der Waals surface area contributed by atoms with Gasteiger partial charge >= 0.3 is 6.03 Å². The smallest absolute Gasteiger partial charge is 0.315 e. The summed E-state index contributed by atoms with van der Waals surface area (Å²) < 4.78 is 0. The van der Waals surface area contributed by atoms with Crippen LogP contribution in [0.25, 0.3) is 0 Å². The third kappa shape index (κ3) is 4.22. The van der Waals surface area contributed by atoms with Crippen LogP contribution in [0.1, 0.15) is 28.8 Å². The Hall–Kier alpha value is -2.08. The number of nitrogens with one attached hydrogen (secondary N) is 2. The van der Waals surface area contributed by atoms with Gasteiger partial charge in [0.05, 0.1) is 6.54 Å². The summed E-state index contributed by atoms with van der Waals surface area (Å²) in [6, 6.07) is 5.98. The van der Waals surface area contributed by atoms with E-state index in [2.05, 4.69) is 33.5 Å². The molecule has 0 saturated carbocycles. The van der Waals surface area contributed by atoms with E-state index in [1.54, 1.807) is 11.3 Å². The first-order valence-corrected chi connectivity index (χ1v) is 8.85. The van der Waals surface area contributed by atoms with Crippen LogP contribution in [0.5, 0.6) is 0 Å². The second-order valence-electron chi connectivity index (χ2n) is 5.78. The van der Waals surface area contributed by atoms with Crippen LogP contribution in [0, 0.1) is 6.92 Å². The van der Waals surface area contributed by atoms with Crippen LogP contribution in [0.3, 0.4) is 0 Å². The summed E-state index contributed by atoms with van der Waals surface area (Å²) in [5, 5.41) is 7.79. The lowest BCUT2D eigenvalue weighted by Crippen LogP contribution is -2.34. The summed E-state index contributed by atoms with van der Waals surface area (Å²) in [5.74, 6) is 1.03. The predicted octanol–water partition coefficient (Wildman–Crippen LogP) is 3.05. The number of carbonyl (C=O) groups excluding carboxylic acids is 1. The maximum atomic E-state index is 11.9. The van der Waals surface area contributed by atoms with Crippen LogP contribution < -0.4 is 15.5 Å². The van der Waals surface area contributed by atoms with Crippen molar-refractivity contribution in [2.45, 2.75) is 32.9 Å². The van der Waals surface area contributed by atoms with E-state index in [4.69, 9.17) is 0 Å². The van der Waals surface area contributed by atoms with Gasteiger partial charge in [0.15, 0.2) is 0 Å². The summed E-state index contributed by atoms with van der Waals surface area (Å²) in [6.07, 6.45) is 4.33. The van der Waals surface area contributed by atoms with E-state index < -0.39 is 0 Å². The molecule has 0 spiro atoms. The molecule has 0 aliphatic carbocycles. The SMILES string of the molecule is Cc1ccsc1CNC(=O)NCc1ccc(N2CCCC2)nc1. The second kappa shape index (κ2) is 7.46. The fourth-order valence-electron chi connectivity index (χ4n) is 2.65. The van der Waals surface area contributed by atoms with Crippen LogP contribution in [0.2, 0.25) is 0 Å². The Kier molecular flexibility index (Phi) is 5.12. The monoisotopic (exact) mass is 330 g/mol. The van der Waals surface area contributed by atoms with Gasteiger partial charge < -0.3 is 15.5 Å². The van der Waals surface area contributed by atoms with E-state index in [1.807, 2.05) is 23.7 Å². The molecular weight excluding hydrogens is 308 g/mol. The van der Waals surface area contributed by atoms with Gasteiger partial charge in [0.1, 0.15) is 5.82 Å². The largest absolute Gasteiger partial charge is 0.357 e. The third-order valence-corrected chi connectivity index (χ3v) is 5.09. The second-order valence-corrected chi connectivity index (χ2v) is 6.78. The molecule has 2 aromatic heterocycles. The minimum atomic E-state index is -0.151. The van der Waals surface area contributed by atoms with E-state index in [0.717, 1.165) is 24.5 Å². The normalized spacial score (nSPS) is 14.0. The number of hydrogen-bond donors (Lipinski definition) is 2. The highest BCUT2D eigenvalue weighted by Crippen LogP contribution is 2.17. The number of anilines is 1. The molecule has 2 amide bonds. The number of urea groups is 1. The fraction of sp³-hybridized carbons (Fsp3) is 0.412. The zero-order valence-corrected chi connectivity index (χ0v) is 14.2. The van der Waals surface area contributed by atoms with Gasteiger partial charge in [-0.1, -0.05) is 6.07 Å². The predicted molar refractivity (Wildman–Crippen MR) is 93.8 cm³/mol. The number of hydrogen-bond acceptors (Lipinski definition) is 4. The Bertz CT molecular complexity index is 647. The van der Waals surface area contributed by atoms with Crippen LogP contribution in [0.4, 0.5) is 10.6 Å². The molecule has 0 unspecified atom stereocenters. The highest BCUT2D eigenvalue weighted by Gasteiger charge is 2.13. The number of rotatable bonds is 5. The molecular formula is C17H22N4OS. The Morgan fingerprint density at radius 3 is 2.65 bits per heavy atom. The van der Waals surface area contributed by atoms with Gasteiger partial charge in [-0.05, 0) is 48.4 Å². The Labute approximate surface area is 140 Å². The average molecular weight is 330 g/mol. The number of thiophene rings is 1. The summed E-state index contributed by atoms with van der Waals surface area (Å²) >= 11 is 1.66. The van der Waals surface area contributed by atoms with Gasteiger partial charge in [-0.2, -0.15) is 0 Å². The Morgan fingerprint density at radius 2 is 2.00 bits per heavy atom. The molecule has 3 rings (SSSR count). The van der Waals surface area contributed by atoms with E-state index in [1.165, 1.54) is 23.3 Å². The minimum Gasteiger partial charge on any atom is -0.357 e. The number of pyridine rings is 1. The summed E-state index contributed by atoms with van der Waals surface area (Å²) in [4.78, 5) is 19.8. The van der Waals surface area contributed by atoms with E-state index in [9.17, 15) is 4.79 Å². The quantitative estimate of drug-likeness (QED) is 0.886. The van der Waals surface area contributed by atoms with Crippen LogP contribution in [-0.4, -0.2) is 24.1 Å². The molecule has 1 fully saturated rings. The first kappa shape index (κ1) is 15.8. The van der Waals surface area contributed by atoms with Crippen molar-refractivity contribution in [1.82, 2.24) is 15.6 Å². The van der Waals surface area contributed by atoms with Gasteiger partial charge in [-0.15, -0.1) is 11.3 Å². The highest BCUT2D eigenvalue weighted by molar-refractivity contribution is 7.10. The molecule has 3 heterocycles. The summed E-state index contributed by atoms with van der Waals surface area (Å²) in [7, 11) is 0. The number of carbonyl (C=O) groups is 1. The molecule has 0 bridgehead atoms. The molecule has 122 valence electrons. The lowest BCUT2D eigenvalue weighted by molar-refractivity contribution is 0.240. The van der Waals surface area contributed by atoms with E-state index in [0.29, 0.717) is 13.1 Å². The number of nitrogens with zero attached hydrogens (tertiary/aromatic N) is 2. The lowest BCUT2D eigenvalue weighted by atomic mass is 10.3. The standard InChI is InChI=1S/C17H22N4OS/c1-13-6-9-23-15(13)12-20-17(22)19-11-14-4-5-16(18-10-14)21-7-2-3-8-21/h4-6,9-10H,2-3,7-8,11-12H2,1H3,(H2,19,20,22). The van der Waals surface area contributed by atoms with Crippen molar-refractivity contribution < 1.29 is 4.79 Å². The average Bonchev–Trinajstić information content (AvgIpc) is 3.23. The molecule has 1 saturated heterocycles. The first-order chi connectivity index (χ1) is 11.2. The van der Waals surface area contributed by atoms with E-state index in [-0.39, 0.29) is 6.03 Å². The van der Waals surface area contributed by atoms with Crippen molar-refractivity contribution in [2.75, 3.05) is 18.0 Å². The molecule has 2 N–H and O–H groups in total. The van der Waals surface area contributed by atoms with Crippen LogP contribution in [-0.2, 0) is 13.1 Å². The summed E-state index contributed by atoms with van der Waals surface area (Å²) in [5.41, 5.74) is 2.23. The zero-order valence-electron chi connectivity index (χ0n) is 13.3. The molecule has 5 nitrogen and oxygen atoms in total. The van der Waals surface area contributed by atoms with Crippen molar-refractivity contribution in [3.8, 4) is 0 Å². The van der Waals surface area contributed by atoms with Crippen molar-refractivity contribution in [1.29, 1.82) is 0 Å². The van der Waals surface area contributed by atoms with Crippen molar-refractivity contribution >= 4 is 23.2 Å². The van der Waals surface area contributed by atoms with Gasteiger partial charge in [0.25, 0.3) is 0 Å². The highest BCUT2D eigenvalue weighted by atomic mass is 32.1. The molecule has 23 heavy (non-hydrogen) atoms. The Balaban J connectivity index is 1.44. The number of aryl methyl sites for hydroxylation is 1. The fourth-order valence-corrected chi connectivity index (χ4v) is 3.49.